The van der Waals surface area contributed by atoms with Gasteiger partial charge >= 0.3 is 0 Å². The van der Waals surface area contributed by atoms with Crippen LogP contribution in [0.3, 0.4) is 0 Å². The topological polar surface area (TPSA) is 21.3 Å². The monoisotopic (exact) mass is 131 g/mol. The van der Waals surface area contributed by atoms with E-state index in [1.54, 1.807) is 0 Å². The van der Waals surface area contributed by atoms with Crippen molar-refractivity contribution in [3.8, 4) is 0 Å². The van der Waals surface area contributed by atoms with Crippen LogP contribution in [0.25, 0.3) is 0 Å². The van der Waals surface area contributed by atoms with E-state index < -0.39 is 6.17 Å². The molecule has 52 valence electrons. The lowest BCUT2D eigenvalue weighted by Crippen LogP contribution is -2.49. The molecule has 2 nitrogen and oxygen atoms in total. The number of halogens is 1. The maximum atomic E-state index is 12.9. The third kappa shape index (κ3) is 0.618. The molecule has 0 aliphatic carbocycles. The van der Waals surface area contributed by atoms with Crippen LogP contribution in [-0.4, -0.2) is 32.5 Å². The molecule has 2 fully saturated rings. The minimum Gasteiger partial charge on any atom is -0.380 e. The highest BCUT2D eigenvalue weighted by molar-refractivity contribution is 4.99. The Morgan fingerprint density at radius 2 is 2.33 bits per heavy atom. The maximum Gasteiger partial charge on any atom is 0.124 e. The molecule has 0 aromatic heterocycles. The second kappa shape index (κ2) is 1.67. The van der Waals surface area contributed by atoms with Crippen molar-refractivity contribution in [3.63, 3.8) is 0 Å². The van der Waals surface area contributed by atoms with Gasteiger partial charge in [-0.2, -0.15) is 0 Å². The predicted octanol–water partition coefficient (Wildman–Crippen LogP) is -0.0557. The fraction of sp³-hybridized carbons (Fsp3) is 1.00. The Balaban J connectivity index is 2.09. The van der Waals surface area contributed by atoms with Gasteiger partial charge in [-0.3, -0.25) is 0 Å². The Kier molecular flexibility index (Phi) is 1.04. The standard InChI is InChI=1S/C6H10FNO/c7-5-1-8-2-6(5)3-9-4-6/h5,8H,1-4H2. The number of rotatable bonds is 0. The zero-order chi connectivity index (χ0) is 6.32. The highest BCUT2D eigenvalue weighted by Gasteiger charge is 2.49. The van der Waals surface area contributed by atoms with Crippen molar-refractivity contribution in [1.82, 2.24) is 5.32 Å². The average Bonchev–Trinajstić information content (AvgIpc) is 2.07. The van der Waals surface area contributed by atoms with E-state index in [1.807, 2.05) is 0 Å². The summed E-state index contributed by atoms with van der Waals surface area (Å²) in [6.07, 6.45) is -0.675. The Morgan fingerprint density at radius 3 is 2.56 bits per heavy atom. The lowest BCUT2D eigenvalue weighted by molar-refractivity contribution is -0.129. The zero-order valence-electron chi connectivity index (χ0n) is 5.19. The van der Waals surface area contributed by atoms with Gasteiger partial charge in [-0.05, 0) is 0 Å². The molecule has 3 heteroatoms. The summed E-state index contributed by atoms with van der Waals surface area (Å²) in [5, 5.41) is 3.01. The molecular weight excluding hydrogens is 121 g/mol. The molecule has 0 amide bonds. The van der Waals surface area contributed by atoms with Gasteiger partial charge in [0.1, 0.15) is 6.17 Å². The van der Waals surface area contributed by atoms with Gasteiger partial charge in [-0.15, -0.1) is 0 Å². The molecule has 2 heterocycles. The second-order valence-corrected chi connectivity index (χ2v) is 2.95. The summed E-state index contributed by atoms with van der Waals surface area (Å²) >= 11 is 0. The Hall–Kier alpha value is -0.150. The smallest absolute Gasteiger partial charge is 0.124 e. The minimum atomic E-state index is -0.675. The van der Waals surface area contributed by atoms with Crippen LogP contribution in [0.15, 0.2) is 0 Å². The number of hydrogen-bond donors (Lipinski definition) is 1. The first kappa shape index (κ1) is 5.62. The first-order valence-corrected chi connectivity index (χ1v) is 3.26. The SMILES string of the molecule is FC1CNCC12COC2. The van der Waals surface area contributed by atoms with Gasteiger partial charge in [0.2, 0.25) is 0 Å². The molecule has 1 N–H and O–H groups in total. The molecule has 2 aliphatic rings. The minimum absolute atomic E-state index is 0.125. The quantitative estimate of drug-likeness (QED) is 0.497. The van der Waals surface area contributed by atoms with Crippen molar-refractivity contribution in [2.75, 3.05) is 26.3 Å². The average molecular weight is 131 g/mol. The third-order valence-electron chi connectivity index (χ3n) is 2.24. The van der Waals surface area contributed by atoms with Crippen molar-refractivity contribution in [3.05, 3.63) is 0 Å². The third-order valence-corrected chi connectivity index (χ3v) is 2.24. The van der Waals surface area contributed by atoms with E-state index in [1.165, 1.54) is 0 Å². The van der Waals surface area contributed by atoms with E-state index in [4.69, 9.17) is 4.74 Å². The van der Waals surface area contributed by atoms with Gasteiger partial charge in [0, 0.05) is 13.1 Å². The van der Waals surface area contributed by atoms with E-state index in [-0.39, 0.29) is 5.41 Å². The molecule has 2 saturated heterocycles. The zero-order valence-corrected chi connectivity index (χ0v) is 5.19. The summed E-state index contributed by atoms with van der Waals surface area (Å²) < 4.78 is 17.8. The highest BCUT2D eigenvalue weighted by atomic mass is 19.1. The van der Waals surface area contributed by atoms with E-state index in [2.05, 4.69) is 5.32 Å². The number of ether oxygens (including phenoxy) is 1. The summed E-state index contributed by atoms with van der Waals surface area (Å²) in [6, 6.07) is 0. The van der Waals surface area contributed by atoms with Crippen LogP contribution >= 0.6 is 0 Å². The summed E-state index contributed by atoms with van der Waals surface area (Å²) in [5.41, 5.74) is -0.125. The molecule has 1 spiro atoms. The molecule has 2 aliphatic heterocycles. The van der Waals surface area contributed by atoms with Gasteiger partial charge < -0.3 is 10.1 Å². The normalized spacial score (nSPS) is 39.0. The van der Waals surface area contributed by atoms with E-state index in [0.29, 0.717) is 19.8 Å². The predicted molar refractivity (Wildman–Crippen MR) is 31.0 cm³/mol. The number of alkyl halides is 1. The molecule has 0 aromatic rings. The first-order valence-electron chi connectivity index (χ1n) is 3.26. The second-order valence-electron chi connectivity index (χ2n) is 2.95. The van der Waals surface area contributed by atoms with Crippen LogP contribution in [0.4, 0.5) is 4.39 Å². The Morgan fingerprint density at radius 1 is 1.56 bits per heavy atom. The molecule has 2 rings (SSSR count). The summed E-state index contributed by atoms with van der Waals surface area (Å²) in [4.78, 5) is 0. The summed E-state index contributed by atoms with van der Waals surface area (Å²) in [7, 11) is 0. The molecule has 9 heavy (non-hydrogen) atoms. The van der Waals surface area contributed by atoms with Crippen LogP contribution in [0.1, 0.15) is 0 Å². The first-order chi connectivity index (χ1) is 4.33. The van der Waals surface area contributed by atoms with Crippen LogP contribution in [0.5, 0.6) is 0 Å². The van der Waals surface area contributed by atoms with E-state index in [9.17, 15) is 4.39 Å². The van der Waals surface area contributed by atoms with Crippen LogP contribution in [-0.2, 0) is 4.74 Å². The van der Waals surface area contributed by atoms with Crippen molar-refractivity contribution >= 4 is 0 Å². The van der Waals surface area contributed by atoms with Gasteiger partial charge in [-0.1, -0.05) is 0 Å². The van der Waals surface area contributed by atoms with Crippen molar-refractivity contribution in [2.24, 2.45) is 5.41 Å². The lowest BCUT2D eigenvalue weighted by Gasteiger charge is -2.38. The fourth-order valence-electron chi connectivity index (χ4n) is 1.42. The molecule has 1 atom stereocenters. The van der Waals surface area contributed by atoms with E-state index in [0.717, 1.165) is 6.54 Å². The molecule has 0 radical (unpaired) electrons. The molecule has 0 bridgehead atoms. The lowest BCUT2D eigenvalue weighted by atomic mass is 9.84. The van der Waals surface area contributed by atoms with E-state index >= 15 is 0 Å². The van der Waals surface area contributed by atoms with Crippen molar-refractivity contribution < 1.29 is 9.13 Å². The summed E-state index contributed by atoms with van der Waals surface area (Å²) in [6.45, 7) is 2.54. The van der Waals surface area contributed by atoms with Gasteiger partial charge in [-0.25, -0.2) is 4.39 Å². The molecular formula is C6H10FNO. The molecule has 0 aromatic carbocycles. The maximum absolute atomic E-state index is 12.9. The molecule has 1 unspecified atom stereocenters. The largest absolute Gasteiger partial charge is 0.380 e. The molecule has 0 saturated carbocycles. The van der Waals surface area contributed by atoms with Crippen LogP contribution in [0.2, 0.25) is 0 Å². The Labute approximate surface area is 53.4 Å². The van der Waals surface area contributed by atoms with Gasteiger partial charge in [0.15, 0.2) is 0 Å². The van der Waals surface area contributed by atoms with Crippen molar-refractivity contribution in [1.29, 1.82) is 0 Å². The van der Waals surface area contributed by atoms with Crippen molar-refractivity contribution in [2.45, 2.75) is 6.17 Å². The number of hydrogen-bond acceptors (Lipinski definition) is 2. The highest BCUT2D eigenvalue weighted by Crippen LogP contribution is 2.35. The van der Waals surface area contributed by atoms with Gasteiger partial charge in [0.25, 0.3) is 0 Å². The van der Waals surface area contributed by atoms with Gasteiger partial charge in [0.05, 0.1) is 18.6 Å². The summed E-state index contributed by atoms with van der Waals surface area (Å²) in [5.74, 6) is 0. The van der Waals surface area contributed by atoms with Crippen LogP contribution in [0, 0.1) is 5.41 Å². The number of nitrogens with one attached hydrogen (secondary N) is 1. The Bertz CT molecular complexity index is 124. The fourth-order valence-corrected chi connectivity index (χ4v) is 1.42. The van der Waals surface area contributed by atoms with Crippen LogP contribution < -0.4 is 5.32 Å².